The highest BCUT2D eigenvalue weighted by molar-refractivity contribution is 5.28. The van der Waals surface area contributed by atoms with Gasteiger partial charge in [-0.05, 0) is 19.4 Å². The van der Waals surface area contributed by atoms with Crippen LogP contribution in [0.2, 0.25) is 0 Å². The van der Waals surface area contributed by atoms with Crippen molar-refractivity contribution in [3.63, 3.8) is 0 Å². The van der Waals surface area contributed by atoms with Gasteiger partial charge in [-0.25, -0.2) is 5.43 Å². The molecule has 2 rings (SSSR count). The smallest absolute Gasteiger partial charge is 0.0680 e. The summed E-state index contributed by atoms with van der Waals surface area (Å²) in [6, 6.07) is 0.477. The second-order valence-corrected chi connectivity index (χ2v) is 3.19. The van der Waals surface area contributed by atoms with Crippen molar-refractivity contribution < 1.29 is 0 Å². The van der Waals surface area contributed by atoms with Crippen molar-refractivity contribution in [2.45, 2.75) is 19.4 Å². The molecule has 1 atom stereocenters. The Labute approximate surface area is 66.7 Å². The second-order valence-electron chi connectivity index (χ2n) is 3.19. The van der Waals surface area contributed by atoms with E-state index in [0.29, 0.717) is 6.04 Å². The minimum absolute atomic E-state index is 0.477. The third-order valence-corrected chi connectivity index (χ3v) is 2.10. The predicted molar refractivity (Wildman–Crippen MR) is 44.3 cm³/mol. The fourth-order valence-electron chi connectivity index (χ4n) is 1.54. The molecule has 60 valence electrons. The molecule has 1 aliphatic carbocycles. The lowest BCUT2D eigenvalue weighted by atomic mass is 10.0. The Hall–Kier alpha value is -0.800. The first-order valence-electron chi connectivity index (χ1n) is 3.89. The van der Waals surface area contributed by atoms with Crippen LogP contribution in [0.5, 0.6) is 0 Å². The predicted octanol–water partition coefficient (Wildman–Crippen LogP) is 0.544. The molecule has 0 bridgehead atoms. The zero-order chi connectivity index (χ0) is 7.84. The van der Waals surface area contributed by atoms with Gasteiger partial charge in [0.25, 0.3) is 0 Å². The largest absolute Gasteiger partial charge is 0.308 e. The van der Waals surface area contributed by atoms with E-state index in [-0.39, 0.29) is 0 Å². The highest BCUT2D eigenvalue weighted by Crippen LogP contribution is 2.19. The first-order valence-corrected chi connectivity index (χ1v) is 3.89. The Morgan fingerprint density at radius 2 is 2.36 bits per heavy atom. The van der Waals surface area contributed by atoms with Crippen LogP contribution in [0.15, 0.2) is 23.4 Å². The van der Waals surface area contributed by atoms with Crippen LogP contribution in [-0.2, 0) is 0 Å². The van der Waals surface area contributed by atoms with Gasteiger partial charge in [0.05, 0.1) is 6.04 Å². The molecule has 1 unspecified atom stereocenters. The van der Waals surface area contributed by atoms with Gasteiger partial charge in [-0.1, -0.05) is 11.6 Å². The van der Waals surface area contributed by atoms with Crippen molar-refractivity contribution in [3.8, 4) is 0 Å². The molecule has 0 aromatic rings. The van der Waals surface area contributed by atoms with Gasteiger partial charge in [0.2, 0.25) is 0 Å². The maximum absolute atomic E-state index is 3.30. The van der Waals surface area contributed by atoms with Gasteiger partial charge in [-0.3, -0.25) is 0 Å². The lowest BCUT2D eigenvalue weighted by Crippen LogP contribution is -2.35. The lowest BCUT2D eigenvalue weighted by molar-refractivity contribution is 0.225. The fraction of sp³-hybridized carbons (Fsp3) is 0.500. The maximum Gasteiger partial charge on any atom is 0.0680 e. The van der Waals surface area contributed by atoms with Crippen LogP contribution in [0.3, 0.4) is 0 Å². The molecule has 2 N–H and O–H groups in total. The summed E-state index contributed by atoms with van der Waals surface area (Å²) in [5.74, 6) is 0. The summed E-state index contributed by atoms with van der Waals surface area (Å²) in [5, 5.41) is 1.91. The number of hydrogen-bond donors (Lipinski definition) is 2. The number of nitrogens with zero attached hydrogens (tertiary/aromatic N) is 1. The molecule has 0 radical (unpaired) electrons. The summed E-state index contributed by atoms with van der Waals surface area (Å²) in [6.07, 6.45) is 5.42. The monoisotopic (exact) mass is 151 g/mol. The van der Waals surface area contributed by atoms with Gasteiger partial charge in [-0.2, -0.15) is 5.12 Å². The third kappa shape index (κ3) is 1.17. The minimum atomic E-state index is 0.477. The van der Waals surface area contributed by atoms with Crippen molar-refractivity contribution in [1.82, 2.24) is 16.0 Å². The van der Waals surface area contributed by atoms with E-state index in [1.807, 2.05) is 12.2 Å². The Morgan fingerprint density at radius 3 is 3.18 bits per heavy atom. The topological polar surface area (TPSA) is 27.3 Å². The van der Waals surface area contributed by atoms with E-state index in [0.717, 1.165) is 6.42 Å². The van der Waals surface area contributed by atoms with Gasteiger partial charge < -0.3 is 5.43 Å². The highest BCUT2D eigenvalue weighted by Gasteiger charge is 2.25. The van der Waals surface area contributed by atoms with Crippen LogP contribution in [-0.4, -0.2) is 18.2 Å². The Balaban J connectivity index is 2.18. The molecule has 3 heteroatoms. The van der Waals surface area contributed by atoms with Crippen molar-refractivity contribution in [2.75, 3.05) is 7.05 Å². The summed E-state index contributed by atoms with van der Waals surface area (Å²) in [7, 11) is 1.98. The summed E-state index contributed by atoms with van der Waals surface area (Å²) in [4.78, 5) is 0. The van der Waals surface area contributed by atoms with Gasteiger partial charge in [0, 0.05) is 12.7 Å². The molecule has 0 amide bonds. The number of hydrazine groups is 2. The van der Waals surface area contributed by atoms with Crippen LogP contribution in [0.1, 0.15) is 13.3 Å². The Kier molecular flexibility index (Phi) is 1.47. The minimum Gasteiger partial charge on any atom is -0.308 e. The zero-order valence-electron chi connectivity index (χ0n) is 6.89. The molecule has 2 aliphatic rings. The van der Waals surface area contributed by atoms with Gasteiger partial charge in [0.15, 0.2) is 0 Å². The normalized spacial score (nSPS) is 30.5. The highest BCUT2D eigenvalue weighted by atomic mass is 15.8. The van der Waals surface area contributed by atoms with E-state index >= 15 is 0 Å². The molecule has 1 heterocycles. The van der Waals surface area contributed by atoms with Crippen LogP contribution >= 0.6 is 0 Å². The molecule has 0 aromatic carbocycles. The van der Waals surface area contributed by atoms with E-state index in [9.17, 15) is 0 Å². The Morgan fingerprint density at radius 1 is 1.55 bits per heavy atom. The molecular formula is C8H13N3. The third-order valence-electron chi connectivity index (χ3n) is 2.10. The molecular weight excluding hydrogens is 138 g/mol. The molecule has 1 aliphatic heterocycles. The van der Waals surface area contributed by atoms with E-state index in [4.69, 9.17) is 0 Å². The van der Waals surface area contributed by atoms with E-state index in [1.54, 1.807) is 0 Å². The van der Waals surface area contributed by atoms with E-state index in [2.05, 4.69) is 29.9 Å². The quantitative estimate of drug-likeness (QED) is 0.529. The van der Waals surface area contributed by atoms with E-state index < -0.39 is 0 Å². The number of allylic oxidation sites excluding steroid dienone is 2. The fourth-order valence-corrected chi connectivity index (χ4v) is 1.54. The summed E-state index contributed by atoms with van der Waals surface area (Å²) < 4.78 is 0. The second kappa shape index (κ2) is 2.36. The maximum atomic E-state index is 3.30. The standard InChI is InChI=1S/C8H13N3/c1-6-3-4-7-8(5-6)10-11(2)9-7/h3-4,8-10H,5H2,1-2H3. The number of nitrogens with one attached hydrogen (secondary N) is 2. The molecule has 0 aromatic heterocycles. The SMILES string of the molecule is CC1=CC=C2NN(C)NC2C1. The van der Waals surface area contributed by atoms with Crippen LogP contribution in [0.4, 0.5) is 0 Å². The molecule has 3 nitrogen and oxygen atoms in total. The Bertz CT molecular complexity index is 229. The van der Waals surface area contributed by atoms with Gasteiger partial charge >= 0.3 is 0 Å². The van der Waals surface area contributed by atoms with Crippen LogP contribution in [0, 0.1) is 0 Å². The number of hydrogen-bond acceptors (Lipinski definition) is 3. The average Bonchev–Trinajstić information content (AvgIpc) is 2.27. The zero-order valence-corrected chi connectivity index (χ0v) is 6.89. The summed E-state index contributed by atoms with van der Waals surface area (Å²) >= 11 is 0. The number of rotatable bonds is 0. The van der Waals surface area contributed by atoms with Gasteiger partial charge in [-0.15, -0.1) is 0 Å². The average molecular weight is 151 g/mol. The van der Waals surface area contributed by atoms with Gasteiger partial charge in [0.1, 0.15) is 0 Å². The summed E-state index contributed by atoms with van der Waals surface area (Å²) in [5.41, 5.74) is 9.22. The van der Waals surface area contributed by atoms with Crippen molar-refractivity contribution in [1.29, 1.82) is 0 Å². The first kappa shape index (κ1) is 6.88. The van der Waals surface area contributed by atoms with E-state index in [1.165, 1.54) is 11.3 Å². The molecule has 1 fully saturated rings. The van der Waals surface area contributed by atoms with Crippen LogP contribution < -0.4 is 10.9 Å². The molecule has 11 heavy (non-hydrogen) atoms. The first-order chi connectivity index (χ1) is 5.25. The summed E-state index contributed by atoms with van der Waals surface area (Å²) in [6.45, 7) is 2.16. The molecule has 1 saturated heterocycles. The molecule has 0 spiro atoms. The number of fused-ring (bicyclic) bond motifs is 1. The lowest BCUT2D eigenvalue weighted by Gasteiger charge is -2.13. The van der Waals surface area contributed by atoms with Crippen molar-refractivity contribution >= 4 is 0 Å². The van der Waals surface area contributed by atoms with Crippen molar-refractivity contribution in [2.24, 2.45) is 0 Å². The van der Waals surface area contributed by atoms with Crippen LogP contribution in [0.25, 0.3) is 0 Å². The molecule has 0 saturated carbocycles. The van der Waals surface area contributed by atoms with Crippen molar-refractivity contribution in [3.05, 3.63) is 23.4 Å².